The lowest BCUT2D eigenvalue weighted by atomic mass is 10.1. The van der Waals surface area contributed by atoms with Gasteiger partial charge in [-0.1, -0.05) is 18.2 Å². The Bertz CT molecular complexity index is 597. The highest BCUT2D eigenvalue weighted by molar-refractivity contribution is 5.37. The molecule has 0 unspecified atom stereocenters. The third kappa shape index (κ3) is 3.57. The molecule has 2 aromatic rings. The van der Waals surface area contributed by atoms with E-state index in [0.717, 1.165) is 24.2 Å². The number of rotatable bonds is 4. The van der Waals surface area contributed by atoms with Gasteiger partial charge in [-0.25, -0.2) is 0 Å². The monoisotopic (exact) mass is 252 g/mol. The summed E-state index contributed by atoms with van der Waals surface area (Å²) >= 11 is 0. The van der Waals surface area contributed by atoms with Crippen molar-refractivity contribution in [1.29, 1.82) is 5.26 Å². The summed E-state index contributed by atoms with van der Waals surface area (Å²) in [5.74, 6) is 0.284. The molecule has 0 aliphatic rings. The first kappa shape index (κ1) is 13.1. The first-order valence-corrected chi connectivity index (χ1v) is 6.17. The van der Waals surface area contributed by atoms with Crippen molar-refractivity contribution in [3.8, 4) is 11.8 Å². The van der Waals surface area contributed by atoms with Crippen LogP contribution in [0.3, 0.4) is 0 Å². The van der Waals surface area contributed by atoms with E-state index in [4.69, 9.17) is 5.26 Å². The Morgan fingerprint density at radius 2 is 1.84 bits per heavy atom. The molecular weight excluding hydrogens is 236 g/mol. The van der Waals surface area contributed by atoms with E-state index >= 15 is 0 Å². The zero-order valence-corrected chi connectivity index (χ0v) is 10.9. The van der Waals surface area contributed by atoms with Crippen molar-refractivity contribution in [2.75, 3.05) is 0 Å². The Kier molecular flexibility index (Phi) is 4.17. The summed E-state index contributed by atoms with van der Waals surface area (Å²) in [4.78, 5) is 0. The maximum atomic E-state index is 9.20. The molecule has 0 amide bonds. The minimum absolute atomic E-state index is 0.284. The lowest BCUT2D eigenvalue weighted by Gasteiger charge is -2.08. The molecule has 0 aliphatic heterocycles. The molecule has 3 heteroatoms. The summed E-state index contributed by atoms with van der Waals surface area (Å²) in [5, 5.41) is 21.4. The lowest BCUT2D eigenvalue weighted by Crippen LogP contribution is -2.13. The number of nitrogens with one attached hydrogen (secondary N) is 1. The first-order chi connectivity index (χ1) is 9.19. The third-order valence-electron chi connectivity index (χ3n) is 3.05. The number of phenolic OH excluding ortho intramolecular Hbond substituents is 1. The van der Waals surface area contributed by atoms with Crippen molar-refractivity contribution >= 4 is 0 Å². The van der Waals surface area contributed by atoms with Crippen LogP contribution in [0, 0.1) is 18.3 Å². The highest BCUT2D eigenvalue weighted by atomic mass is 16.3. The summed E-state index contributed by atoms with van der Waals surface area (Å²) in [6.07, 6.45) is 0. The molecule has 2 N–H and O–H groups in total. The van der Waals surface area contributed by atoms with Crippen LogP contribution in [0.25, 0.3) is 0 Å². The van der Waals surface area contributed by atoms with Gasteiger partial charge in [-0.2, -0.15) is 5.26 Å². The minimum atomic E-state index is 0.284. The van der Waals surface area contributed by atoms with Crippen molar-refractivity contribution in [2.24, 2.45) is 0 Å². The minimum Gasteiger partial charge on any atom is -0.508 e. The van der Waals surface area contributed by atoms with Crippen LogP contribution in [0.4, 0.5) is 0 Å². The van der Waals surface area contributed by atoms with Crippen LogP contribution in [0.2, 0.25) is 0 Å². The number of phenols is 1. The first-order valence-electron chi connectivity index (χ1n) is 6.17. The van der Waals surface area contributed by atoms with Gasteiger partial charge in [0.15, 0.2) is 0 Å². The van der Waals surface area contributed by atoms with E-state index in [2.05, 4.69) is 11.4 Å². The van der Waals surface area contributed by atoms with Crippen LogP contribution in [0.15, 0.2) is 42.5 Å². The Morgan fingerprint density at radius 3 is 2.47 bits per heavy atom. The summed E-state index contributed by atoms with van der Waals surface area (Å²) in [5.41, 5.74) is 4.14. The van der Waals surface area contributed by atoms with E-state index < -0.39 is 0 Å². The van der Waals surface area contributed by atoms with Gasteiger partial charge in [0.2, 0.25) is 0 Å². The van der Waals surface area contributed by atoms with Crippen LogP contribution in [0.5, 0.6) is 5.75 Å². The van der Waals surface area contributed by atoms with Crippen molar-refractivity contribution in [3.63, 3.8) is 0 Å². The average Bonchev–Trinajstić information content (AvgIpc) is 2.42. The molecule has 19 heavy (non-hydrogen) atoms. The van der Waals surface area contributed by atoms with Crippen molar-refractivity contribution in [3.05, 3.63) is 64.7 Å². The maximum absolute atomic E-state index is 9.20. The second kappa shape index (κ2) is 6.03. The van der Waals surface area contributed by atoms with Gasteiger partial charge in [0.1, 0.15) is 5.75 Å². The Morgan fingerprint density at radius 1 is 1.11 bits per heavy atom. The fourth-order valence-corrected chi connectivity index (χ4v) is 1.92. The lowest BCUT2D eigenvalue weighted by molar-refractivity contribution is 0.475. The van der Waals surface area contributed by atoms with Gasteiger partial charge in [-0.3, -0.25) is 0 Å². The molecule has 0 aromatic heterocycles. The van der Waals surface area contributed by atoms with Crippen LogP contribution < -0.4 is 5.32 Å². The molecule has 3 nitrogen and oxygen atoms in total. The Labute approximate surface area is 113 Å². The molecule has 0 aliphatic carbocycles. The predicted molar refractivity (Wildman–Crippen MR) is 74.5 cm³/mol. The van der Waals surface area contributed by atoms with Gasteiger partial charge in [0.05, 0.1) is 11.6 Å². The fraction of sp³-hybridized carbons (Fsp3) is 0.188. The van der Waals surface area contributed by atoms with Gasteiger partial charge in [0.25, 0.3) is 0 Å². The number of aromatic hydroxyl groups is 1. The molecule has 0 spiro atoms. The largest absolute Gasteiger partial charge is 0.508 e. The molecule has 0 saturated heterocycles. The van der Waals surface area contributed by atoms with Crippen LogP contribution >= 0.6 is 0 Å². The zero-order valence-electron chi connectivity index (χ0n) is 10.9. The quantitative estimate of drug-likeness (QED) is 0.879. The van der Waals surface area contributed by atoms with Crippen LogP contribution in [-0.2, 0) is 13.1 Å². The van der Waals surface area contributed by atoms with E-state index in [1.807, 2.05) is 37.3 Å². The van der Waals surface area contributed by atoms with Crippen molar-refractivity contribution < 1.29 is 5.11 Å². The summed E-state index contributed by atoms with van der Waals surface area (Å²) in [6.45, 7) is 3.52. The standard InChI is InChI=1S/C16H16N2O/c1-12-8-14(9-17)2-5-15(12)11-18-10-13-3-6-16(19)7-4-13/h2-8,18-19H,10-11H2,1H3. The zero-order chi connectivity index (χ0) is 13.7. The molecule has 96 valence electrons. The molecular formula is C16H16N2O. The van der Waals surface area contributed by atoms with Gasteiger partial charge in [0, 0.05) is 13.1 Å². The number of benzene rings is 2. The van der Waals surface area contributed by atoms with E-state index in [0.29, 0.717) is 5.56 Å². The van der Waals surface area contributed by atoms with Crippen LogP contribution in [-0.4, -0.2) is 5.11 Å². The smallest absolute Gasteiger partial charge is 0.115 e. The number of aryl methyl sites for hydroxylation is 1. The van der Waals surface area contributed by atoms with E-state index in [-0.39, 0.29) is 5.75 Å². The van der Waals surface area contributed by atoms with Gasteiger partial charge in [-0.15, -0.1) is 0 Å². The molecule has 2 aromatic carbocycles. The van der Waals surface area contributed by atoms with E-state index in [9.17, 15) is 5.11 Å². The number of hydrogen-bond donors (Lipinski definition) is 2. The Hall–Kier alpha value is -2.31. The Balaban J connectivity index is 1.92. The predicted octanol–water partition coefficient (Wildman–Crippen LogP) is 2.86. The van der Waals surface area contributed by atoms with Gasteiger partial charge >= 0.3 is 0 Å². The molecule has 0 atom stereocenters. The molecule has 2 rings (SSSR count). The molecule has 0 saturated carbocycles. The normalized spacial score (nSPS) is 10.1. The van der Waals surface area contributed by atoms with E-state index in [1.165, 1.54) is 5.56 Å². The summed E-state index contributed by atoms with van der Waals surface area (Å²) < 4.78 is 0. The average molecular weight is 252 g/mol. The topological polar surface area (TPSA) is 56.0 Å². The van der Waals surface area contributed by atoms with Crippen LogP contribution in [0.1, 0.15) is 22.3 Å². The summed E-state index contributed by atoms with van der Waals surface area (Å²) in [6, 6.07) is 15.0. The van der Waals surface area contributed by atoms with Gasteiger partial charge in [-0.05, 0) is 47.9 Å². The SMILES string of the molecule is Cc1cc(C#N)ccc1CNCc1ccc(O)cc1. The van der Waals surface area contributed by atoms with Crippen molar-refractivity contribution in [1.82, 2.24) is 5.32 Å². The maximum Gasteiger partial charge on any atom is 0.115 e. The third-order valence-corrected chi connectivity index (χ3v) is 3.05. The fourth-order valence-electron chi connectivity index (χ4n) is 1.92. The second-order valence-corrected chi connectivity index (χ2v) is 4.52. The molecule has 0 bridgehead atoms. The number of hydrogen-bond acceptors (Lipinski definition) is 3. The summed E-state index contributed by atoms with van der Waals surface area (Å²) in [7, 11) is 0. The molecule has 0 heterocycles. The molecule has 0 radical (unpaired) electrons. The van der Waals surface area contributed by atoms with Crippen molar-refractivity contribution in [2.45, 2.75) is 20.0 Å². The number of nitriles is 1. The van der Waals surface area contributed by atoms with Gasteiger partial charge < -0.3 is 10.4 Å². The van der Waals surface area contributed by atoms with E-state index in [1.54, 1.807) is 12.1 Å². The number of nitrogens with zero attached hydrogens (tertiary/aromatic N) is 1. The molecule has 0 fully saturated rings. The second-order valence-electron chi connectivity index (χ2n) is 4.52. The highest BCUT2D eigenvalue weighted by Crippen LogP contribution is 2.12. The highest BCUT2D eigenvalue weighted by Gasteiger charge is 2.00.